The molecule has 2 N–H and O–H groups in total. The van der Waals surface area contributed by atoms with Crippen LogP contribution in [-0.2, 0) is 0 Å². The molecule has 156 valence electrons. The normalized spacial score (nSPS) is 18.7. The number of rotatable bonds is 7. The first-order chi connectivity index (χ1) is 14.7. The van der Waals surface area contributed by atoms with Gasteiger partial charge < -0.3 is 15.0 Å². The number of aromatic nitrogens is 1. The van der Waals surface area contributed by atoms with E-state index < -0.39 is 0 Å². The van der Waals surface area contributed by atoms with Gasteiger partial charge in [-0.05, 0) is 67.7 Å². The van der Waals surface area contributed by atoms with Crippen molar-refractivity contribution in [3.63, 3.8) is 0 Å². The van der Waals surface area contributed by atoms with Crippen molar-refractivity contribution >= 4 is 5.91 Å². The Balaban J connectivity index is 1.32. The third-order valence-electron chi connectivity index (χ3n) is 6.14. The summed E-state index contributed by atoms with van der Waals surface area (Å²) in [7, 11) is 0. The number of hydrogen-bond acceptors (Lipinski definition) is 2. The number of H-pyrrole nitrogens is 1. The highest BCUT2D eigenvalue weighted by atomic mass is 16.5. The van der Waals surface area contributed by atoms with Gasteiger partial charge in [0.1, 0.15) is 5.75 Å². The lowest BCUT2D eigenvalue weighted by atomic mass is 9.78. The van der Waals surface area contributed by atoms with Gasteiger partial charge >= 0.3 is 0 Å². The van der Waals surface area contributed by atoms with Gasteiger partial charge in [-0.3, -0.25) is 4.79 Å². The van der Waals surface area contributed by atoms with E-state index in [4.69, 9.17) is 4.74 Å². The van der Waals surface area contributed by atoms with Crippen LogP contribution in [0.5, 0.6) is 5.75 Å². The maximum absolute atomic E-state index is 12.8. The highest BCUT2D eigenvalue weighted by Crippen LogP contribution is 2.35. The molecule has 2 aromatic carbocycles. The zero-order chi connectivity index (χ0) is 20.8. The van der Waals surface area contributed by atoms with Gasteiger partial charge in [-0.15, -0.1) is 0 Å². The van der Waals surface area contributed by atoms with E-state index in [0.717, 1.165) is 23.4 Å². The van der Waals surface area contributed by atoms with Crippen molar-refractivity contribution in [2.75, 3.05) is 13.2 Å². The number of benzene rings is 2. The van der Waals surface area contributed by atoms with E-state index >= 15 is 0 Å². The summed E-state index contributed by atoms with van der Waals surface area (Å²) in [5.41, 5.74) is 4.07. The smallest absolute Gasteiger partial charge is 0.253 e. The lowest BCUT2D eigenvalue weighted by molar-refractivity contribution is 0.0943. The van der Waals surface area contributed by atoms with Crippen LogP contribution in [-0.4, -0.2) is 24.0 Å². The fraction of sp³-hybridized carbons (Fsp3) is 0.346. The first-order valence-corrected chi connectivity index (χ1v) is 11.0. The van der Waals surface area contributed by atoms with E-state index in [1.807, 2.05) is 37.4 Å². The molecule has 1 heterocycles. The average Bonchev–Trinajstić information content (AvgIpc) is 3.29. The molecular weight excluding hydrogens is 372 g/mol. The van der Waals surface area contributed by atoms with E-state index in [0.29, 0.717) is 24.0 Å². The molecule has 0 atom stereocenters. The number of amides is 1. The minimum absolute atomic E-state index is 0.00897. The van der Waals surface area contributed by atoms with Gasteiger partial charge in [0.15, 0.2) is 0 Å². The summed E-state index contributed by atoms with van der Waals surface area (Å²) in [6.07, 6.45) is 8.40. The number of nitrogens with one attached hydrogen (secondary N) is 2. The Morgan fingerprint density at radius 1 is 1.00 bits per heavy atom. The highest BCUT2D eigenvalue weighted by molar-refractivity contribution is 6.00. The SMILES string of the molecule is CCOc1ccc(-c2c[nH]cc2C(=O)NCC2CCC(c3ccccc3)CC2)cc1. The molecule has 1 aromatic heterocycles. The summed E-state index contributed by atoms with van der Waals surface area (Å²) in [5.74, 6) is 2.05. The molecule has 3 aromatic rings. The van der Waals surface area contributed by atoms with Crippen LogP contribution in [0.3, 0.4) is 0 Å². The first kappa shape index (κ1) is 20.3. The van der Waals surface area contributed by atoms with Gasteiger partial charge in [-0.25, -0.2) is 0 Å². The maximum atomic E-state index is 12.8. The average molecular weight is 403 g/mol. The number of aromatic amines is 1. The van der Waals surface area contributed by atoms with Crippen LogP contribution in [0.1, 0.15) is 54.4 Å². The Morgan fingerprint density at radius 3 is 2.43 bits per heavy atom. The van der Waals surface area contributed by atoms with E-state index in [2.05, 4.69) is 40.6 Å². The van der Waals surface area contributed by atoms with Crippen LogP contribution in [0, 0.1) is 5.92 Å². The summed E-state index contributed by atoms with van der Waals surface area (Å²) in [6, 6.07) is 18.7. The molecule has 4 nitrogen and oxygen atoms in total. The van der Waals surface area contributed by atoms with Gasteiger partial charge in [0.05, 0.1) is 12.2 Å². The largest absolute Gasteiger partial charge is 0.494 e. The van der Waals surface area contributed by atoms with E-state index in [-0.39, 0.29) is 5.91 Å². The van der Waals surface area contributed by atoms with Crippen molar-refractivity contribution in [2.45, 2.75) is 38.5 Å². The molecule has 0 saturated heterocycles. The zero-order valence-electron chi connectivity index (χ0n) is 17.6. The second-order valence-corrected chi connectivity index (χ2v) is 8.08. The second kappa shape index (κ2) is 9.66. The first-order valence-electron chi connectivity index (χ1n) is 11.0. The Morgan fingerprint density at radius 2 is 1.73 bits per heavy atom. The van der Waals surface area contributed by atoms with Crippen LogP contribution < -0.4 is 10.1 Å². The molecule has 1 fully saturated rings. The fourth-order valence-electron chi connectivity index (χ4n) is 4.45. The molecule has 0 bridgehead atoms. The van der Waals surface area contributed by atoms with Crippen molar-refractivity contribution in [1.82, 2.24) is 10.3 Å². The monoisotopic (exact) mass is 402 g/mol. The lowest BCUT2D eigenvalue weighted by Gasteiger charge is -2.29. The minimum atomic E-state index is -0.00897. The molecular formula is C26H30N2O2. The lowest BCUT2D eigenvalue weighted by Crippen LogP contribution is -2.31. The summed E-state index contributed by atoms with van der Waals surface area (Å²) in [4.78, 5) is 15.9. The Labute approximate surface area is 178 Å². The van der Waals surface area contributed by atoms with Crippen LogP contribution in [0.25, 0.3) is 11.1 Å². The topological polar surface area (TPSA) is 54.1 Å². The molecule has 1 aliphatic rings. The van der Waals surface area contributed by atoms with E-state index in [1.54, 1.807) is 6.20 Å². The molecule has 0 unspecified atom stereocenters. The zero-order valence-corrected chi connectivity index (χ0v) is 17.6. The van der Waals surface area contributed by atoms with Crippen LogP contribution in [0.4, 0.5) is 0 Å². The number of carbonyl (C=O) groups excluding carboxylic acids is 1. The molecule has 4 rings (SSSR count). The van der Waals surface area contributed by atoms with Crippen molar-refractivity contribution in [2.24, 2.45) is 5.92 Å². The van der Waals surface area contributed by atoms with Crippen LogP contribution >= 0.6 is 0 Å². The van der Waals surface area contributed by atoms with Crippen molar-refractivity contribution in [3.05, 3.63) is 78.1 Å². The van der Waals surface area contributed by atoms with Crippen molar-refractivity contribution in [3.8, 4) is 16.9 Å². The molecule has 1 saturated carbocycles. The molecule has 0 aliphatic heterocycles. The van der Waals surface area contributed by atoms with Gasteiger partial charge in [-0.1, -0.05) is 42.5 Å². The van der Waals surface area contributed by atoms with Crippen LogP contribution in [0.2, 0.25) is 0 Å². The fourth-order valence-corrected chi connectivity index (χ4v) is 4.45. The predicted octanol–water partition coefficient (Wildman–Crippen LogP) is 5.78. The Hall–Kier alpha value is -3.01. The second-order valence-electron chi connectivity index (χ2n) is 8.08. The quantitative estimate of drug-likeness (QED) is 0.526. The standard InChI is InChI=1S/C26H30N2O2/c1-2-30-23-14-12-22(13-15-23)24-17-27-18-25(24)26(29)28-16-19-8-10-21(11-9-19)20-6-4-3-5-7-20/h3-7,12-15,17-19,21,27H,2,8-11,16H2,1H3,(H,28,29). The van der Waals surface area contributed by atoms with E-state index in [1.165, 1.54) is 31.2 Å². The van der Waals surface area contributed by atoms with Gasteiger partial charge in [0.25, 0.3) is 5.91 Å². The van der Waals surface area contributed by atoms with E-state index in [9.17, 15) is 4.79 Å². The molecule has 1 amide bonds. The third-order valence-corrected chi connectivity index (χ3v) is 6.14. The summed E-state index contributed by atoms with van der Waals surface area (Å²) < 4.78 is 5.51. The van der Waals surface area contributed by atoms with Crippen LogP contribution in [0.15, 0.2) is 67.0 Å². The molecule has 4 heteroatoms. The Bertz CT molecular complexity index is 939. The maximum Gasteiger partial charge on any atom is 0.253 e. The van der Waals surface area contributed by atoms with Crippen molar-refractivity contribution < 1.29 is 9.53 Å². The summed E-state index contributed by atoms with van der Waals surface area (Å²) >= 11 is 0. The van der Waals surface area contributed by atoms with Gasteiger partial charge in [-0.2, -0.15) is 0 Å². The minimum Gasteiger partial charge on any atom is -0.494 e. The van der Waals surface area contributed by atoms with Crippen molar-refractivity contribution in [1.29, 1.82) is 0 Å². The Kier molecular flexibility index (Phi) is 6.53. The highest BCUT2D eigenvalue weighted by Gasteiger charge is 2.23. The number of ether oxygens (including phenoxy) is 1. The van der Waals surface area contributed by atoms with Gasteiger partial charge in [0.2, 0.25) is 0 Å². The summed E-state index contributed by atoms with van der Waals surface area (Å²) in [5, 5.41) is 3.17. The molecule has 1 aliphatic carbocycles. The third kappa shape index (κ3) is 4.76. The molecule has 30 heavy (non-hydrogen) atoms. The summed E-state index contributed by atoms with van der Waals surface area (Å²) in [6.45, 7) is 3.36. The predicted molar refractivity (Wildman–Crippen MR) is 121 cm³/mol. The molecule has 0 spiro atoms. The van der Waals surface area contributed by atoms with Gasteiger partial charge in [0, 0.05) is 24.5 Å². The molecule has 0 radical (unpaired) electrons. The number of carbonyl (C=O) groups is 1. The number of hydrogen-bond donors (Lipinski definition) is 2.